The molecule has 2 aromatic rings. The maximum atomic E-state index is 13.8. The maximum absolute atomic E-state index is 13.8. The fraction of sp³-hybridized carbons (Fsp3) is 0.471. The lowest BCUT2D eigenvalue weighted by Crippen LogP contribution is -2.39. The topological polar surface area (TPSA) is 56.9 Å². The van der Waals surface area contributed by atoms with E-state index in [1.165, 1.54) is 39.7 Å². The molecule has 0 spiro atoms. The Morgan fingerprint density at radius 3 is 2.38 bits per heavy atom. The third-order valence-electron chi connectivity index (χ3n) is 3.67. The molecule has 1 heterocycles. The summed E-state index contributed by atoms with van der Waals surface area (Å²) >= 11 is 1.41. The summed E-state index contributed by atoms with van der Waals surface area (Å²) < 4.78 is 16.0. The Labute approximate surface area is 144 Å². The van der Waals surface area contributed by atoms with Gasteiger partial charge in [-0.05, 0) is 44.9 Å². The van der Waals surface area contributed by atoms with E-state index in [2.05, 4.69) is 5.10 Å². The van der Waals surface area contributed by atoms with Gasteiger partial charge in [-0.1, -0.05) is 6.07 Å². The van der Waals surface area contributed by atoms with Crippen molar-refractivity contribution < 1.29 is 4.39 Å². The molecule has 24 heavy (non-hydrogen) atoms. The van der Waals surface area contributed by atoms with E-state index in [1.54, 1.807) is 0 Å². The Kier molecular flexibility index (Phi) is 5.03. The van der Waals surface area contributed by atoms with Crippen molar-refractivity contribution in [2.45, 2.75) is 38.3 Å². The third kappa shape index (κ3) is 3.77. The van der Waals surface area contributed by atoms with Crippen LogP contribution < -0.4 is 11.2 Å². The number of thioether (sulfide) groups is 1. The summed E-state index contributed by atoms with van der Waals surface area (Å²) in [7, 11) is 2.94. The van der Waals surface area contributed by atoms with E-state index in [-0.39, 0.29) is 5.69 Å². The standard InChI is InChI=1S/C17H22FN3O2S/c1-10-7-11(2)13(24-9-17(3,4)18)8-12(10)14-15(22)20(5)16(23)21(6)19-14/h7-8H,9H2,1-6H3. The molecule has 0 aliphatic heterocycles. The zero-order valence-electron chi connectivity index (χ0n) is 14.8. The minimum absolute atomic E-state index is 0.221. The zero-order valence-corrected chi connectivity index (χ0v) is 15.6. The summed E-state index contributed by atoms with van der Waals surface area (Å²) in [5.74, 6) is 0.315. The van der Waals surface area contributed by atoms with Crippen molar-refractivity contribution in [3.8, 4) is 11.3 Å². The molecule has 130 valence electrons. The predicted octanol–water partition coefficient (Wildman–Crippen LogP) is 2.60. The molecule has 5 nitrogen and oxygen atoms in total. The van der Waals surface area contributed by atoms with Gasteiger partial charge in [0.25, 0.3) is 5.56 Å². The molecule has 0 saturated heterocycles. The van der Waals surface area contributed by atoms with Crippen molar-refractivity contribution in [1.82, 2.24) is 14.3 Å². The van der Waals surface area contributed by atoms with Gasteiger partial charge in [0.2, 0.25) is 0 Å². The second-order valence-corrected chi connectivity index (χ2v) is 7.58. The molecule has 2 rings (SSSR count). The van der Waals surface area contributed by atoms with E-state index < -0.39 is 16.9 Å². The van der Waals surface area contributed by atoms with Gasteiger partial charge in [0.1, 0.15) is 5.67 Å². The number of hydrogen-bond acceptors (Lipinski definition) is 4. The van der Waals surface area contributed by atoms with Gasteiger partial charge in [0.15, 0.2) is 5.69 Å². The molecule has 7 heteroatoms. The number of aromatic nitrogens is 3. The van der Waals surface area contributed by atoms with E-state index in [1.807, 2.05) is 26.0 Å². The highest BCUT2D eigenvalue weighted by Crippen LogP contribution is 2.32. The lowest BCUT2D eigenvalue weighted by Gasteiger charge is -2.16. The van der Waals surface area contributed by atoms with Crippen LogP contribution in [0.5, 0.6) is 0 Å². The molecule has 0 fully saturated rings. The molecule has 0 aliphatic carbocycles. The maximum Gasteiger partial charge on any atom is 0.346 e. The first-order valence-corrected chi connectivity index (χ1v) is 8.57. The van der Waals surface area contributed by atoms with E-state index in [0.29, 0.717) is 11.3 Å². The van der Waals surface area contributed by atoms with Gasteiger partial charge in [-0.15, -0.1) is 11.8 Å². The van der Waals surface area contributed by atoms with Crippen LogP contribution in [-0.4, -0.2) is 25.8 Å². The molecule has 0 bridgehead atoms. The van der Waals surface area contributed by atoms with Gasteiger partial charge in [-0.25, -0.2) is 13.9 Å². The highest BCUT2D eigenvalue weighted by atomic mass is 32.2. The van der Waals surface area contributed by atoms with E-state index in [0.717, 1.165) is 25.3 Å². The van der Waals surface area contributed by atoms with Crippen molar-refractivity contribution in [3.05, 3.63) is 44.1 Å². The molecule has 0 N–H and O–H groups in total. The lowest BCUT2D eigenvalue weighted by atomic mass is 10.0. The number of nitrogens with zero attached hydrogens (tertiary/aromatic N) is 3. The Hall–Kier alpha value is -1.89. The van der Waals surface area contributed by atoms with Crippen LogP contribution >= 0.6 is 11.8 Å². The fourth-order valence-corrected chi connectivity index (χ4v) is 3.35. The monoisotopic (exact) mass is 351 g/mol. The number of aryl methyl sites for hydroxylation is 3. The first-order valence-electron chi connectivity index (χ1n) is 7.59. The molecule has 0 unspecified atom stereocenters. The van der Waals surface area contributed by atoms with Crippen molar-refractivity contribution in [2.24, 2.45) is 14.1 Å². The van der Waals surface area contributed by atoms with Crippen LogP contribution in [0.25, 0.3) is 11.3 Å². The highest BCUT2D eigenvalue weighted by Gasteiger charge is 2.19. The molecule has 0 aliphatic rings. The van der Waals surface area contributed by atoms with Gasteiger partial charge < -0.3 is 0 Å². The number of halogens is 1. The quantitative estimate of drug-likeness (QED) is 0.795. The van der Waals surface area contributed by atoms with Crippen LogP contribution in [-0.2, 0) is 14.1 Å². The first-order chi connectivity index (χ1) is 11.0. The summed E-state index contributed by atoms with van der Waals surface area (Å²) in [5, 5.41) is 4.13. The van der Waals surface area contributed by atoms with Crippen LogP contribution in [0.1, 0.15) is 25.0 Å². The summed E-state index contributed by atoms with van der Waals surface area (Å²) in [5.41, 5.74) is 0.600. The van der Waals surface area contributed by atoms with E-state index in [4.69, 9.17) is 0 Å². The van der Waals surface area contributed by atoms with Gasteiger partial charge in [-0.2, -0.15) is 5.10 Å². The summed E-state index contributed by atoms with van der Waals surface area (Å²) in [4.78, 5) is 25.1. The normalized spacial score (nSPS) is 11.8. The highest BCUT2D eigenvalue weighted by molar-refractivity contribution is 7.99. The molecule has 0 atom stereocenters. The Bertz CT molecular complexity index is 894. The zero-order chi connectivity index (χ0) is 18.2. The van der Waals surface area contributed by atoms with Crippen LogP contribution in [0, 0.1) is 13.8 Å². The molecule has 0 radical (unpaired) electrons. The Balaban J connectivity index is 2.60. The first kappa shape index (κ1) is 18.4. The second kappa shape index (κ2) is 6.55. The fourth-order valence-electron chi connectivity index (χ4n) is 2.36. The van der Waals surface area contributed by atoms with Crippen LogP contribution in [0.15, 0.2) is 26.6 Å². The number of rotatable bonds is 4. The molecule has 1 aromatic heterocycles. The minimum atomic E-state index is -1.28. The summed E-state index contributed by atoms with van der Waals surface area (Å²) in [6.45, 7) is 6.92. The number of benzene rings is 1. The van der Waals surface area contributed by atoms with Crippen molar-refractivity contribution in [2.75, 3.05) is 5.75 Å². The minimum Gasteiger partial charge on any atom is -0.267 e. The van der Waals surface area contributed by atoms with Gasteiger partial charge in [0, 0.05) is 30.3 Å². The third-order valence-corrected chi connectivity index (χ3v) is 5.25. The lowest BCUT2D eigenvalue weighted by molar-refractivity contribution is 0.253. The predicted molar refractivity (Wildman–Crippen MR) is 95.5 cm³/mol. The smallest absolute Gasteiger partial charge is 0.267 e. The van der Waals surface area contributed by atoms with Crippen LogP contribution in [0.2, 0.25) is 0 Å². The van der Waals surface area contributed by atoms with Crippen LogP contribution in [0.3, 0.4) is 0 Å². The summed E-state index contributed by atoms with van der Waals surface area (Å²) in [6, 6.07) is 3.81. The van der Waals surface area contributed by atoms with Crippen molar-refractivity contribution in [1.29, 1.82) is 0 Å². The van der Waals surface area contributed by atoms with E-state index in [9.17, 15) is 14.0 Å². The van der Waals surface area contributed by atoms with Crippen molar-refractivity contribution >= 4 is 11.8 Å². The van der Waals surface area contributed by atoms with E-state index >= 15 is 0 Å². The second-order valence-electron chi connectivity index (χ2n) is 6.56. The Morgan fingerprint density at radius 1 is 1.17 bits per heavy atom. The largest absolute Gasteiger partial charge is 0.346 e. The molecular formula is C17H22FN3O2S. The van der Waals surface area contributed by atoms with Gasteiger partial charge in [0.05, 0.1) is 0 Å². The van der Waals surface area contributed by atoms with Crippen molar-refractivity contribution in [3.63, 3.8) is 0 Å². The molecule has 1 aromatic carbocycles. The Morgan fingerprint density at radius 2 is 1.79 bits per heavy atom. The average Bonchev–Trinajstić information content (AvgIpc) is 2.47. The van der Waals surface area contributed by atoms with Gasteiger partial charge in [-0.3, -0.25) is 9.36 Å². The molecule has 0 saturated carbocycles. The molecular weight excluding hydrogens is 329 g/mol. The number of alkyl halides is 1. The SMILES string of the molecule is Cc1cc(C)c(-c2nn(C)c(=O)n(C)c2=O)cc1SCC(C)(C)F. The average molecular weight is 351 g/mol. The number of hydrogen-bond donors (Lipinski definition) is 0. The molecule has 0 amide bonds. The van der Waals surface area contributed by atoms with Gasteiger partial charge >= 0.3 is 5.69 Å². The van der Waals surface area contributed by atoms with Crippen LogP contribution in [0.4, 0.5) is 4.39 Å². The summed E-state index contributed by atoms with van der Waals surface area (Å²) in [6.07, 6.45) is 0.